The summed E-state index contributed by atoms with van der Waals surface area (Å²) in [5.41, 5.74) is 0.828. The number of carbonyl (C=O) groups is 1. The molecule has 1 fully saturated rings. The van der Waals surface area contributed by atoms with Gasteiger partial charge in [0.1, 0.15) is 6.07 Å². The smallest absolute Gasteiger partial charge is 0.255 e. The first-order valence-electron chi connectivity index (χ1n) is 8.20. The van der Waals surface area contributed by atoms with Crippen molar-refractivity contribution < 1.29 is 13.2 Å². The summed E-state index contributed by atoms with van der Waals surface area (Å²) < 4.78 is 27.0. The van der Waals surface area contributed by atoms with Gasteiger partial charge in [0.15, 0.2) is 0 Å². The fraction of sp³-hybridized carbons (Fsp3) is 0.333. The predicted molar refractivity (Wildman–Crippen MR) is 99.6 cm³/mol. The van der Waals surface area contributed by atoms with Crippen LogP contribution in [0.2, 0.25) is 0 Å². The molecule has 1 aliphatic heterocycles. The van der Waals surface area contributed by atoms with Crippen LogP contribution < -0.4 is 0 Å². The van der Waals surface area contributed by atoms with Crippen molar-refractivity contribution in [3.05, 3.63) is 51.2 Å². The highest BCUT2D eigenvalue weighted by molar-refractivity contribution is 7.89. The molecule has 0 atom stereocenters. The Bertz CT molecular complexity index is 981. The summed E-state index contributed by atoms with van der Waals surface area (Å²) in [5, 5.41) is 9.16. The Morgan fingerprint density at radius 1 is 1.15 bits per heavy atom. The van der Waals surface area contributed by atoms with Crippen LogP contribution in [0.25, 0.3) is 0 Å². The largest absolute Gasteiger partial charge is 0.336 e. The highest BCUT2D eigenvalue weighted by Gasteiger charge is 2.32. The van der Waals surface area contributed by atoms with Gasteiger partial charge < -0.3 is 4.90 Å². The topological polar surface area (TPSA) is 81.5 Å². The van der Waals surface area contributed by atoms with Crippen LogP contribution in [-0.2, 0) is 10.0 Å². The number of nitrogens with zero attached hydrogens (tertiary/aromatic N) is 3. The van der Waals surface area contributed by atoms with Gasteiger partial charge in [0.25, 0.3) is 5.91 Å². The lowest BCUT2D eigenvalue weighted by Crippen LogP contribution is -2.50. The second kappa shape index (κ2) is 7.19. The van der Waals surface area contributed by atoms with Gasteiger partial charge in [-0.1, -0.05) is 12.1 Å². The van der Waals surface area contributed by atoms with Crippen LogP contribution in [-0.4, -0.2) is 49.7 Å². The Morgan fingerprint density at radius 3 is 2.38 bits per heavy atom. The number of rotatable bonds is 3. The number of sulfonamides is 1. The molecule has 2 heterocycles. The molecule has 0 radical (unpaired) electrons. The number of nitriles is 1. The molecule has 0 N–H and O–H groups in total. The van der Waals surface area contributed by atoms with E-state index < -0.39 is 10.0 Å². The van der Waals surface area contributed by atoms with Crippen LogP contribution in [0.1, 0.15) is 25.7 Å². The van der Waals surface area contributed by atoms with E-state index in [0.717, 1.165) is 9.75 Å². The maximum Gasteiger partial charge on any atom is 0.255 e. The number of piperazine rings is 1. The lowest BCUT2D eigenvalue weighted by Gasteiger charge is -2.34. The monoisotopic (exact) mass is 389 g/mol. The van der Waals surface area contributed by atoms with E-state index in [9.17, 15) is 13.2 Å². The zero-order valence-electron chi connectivity index (χ0n) is 14.6. The fourth-order valence-corrected chi connectivity index (χ4v) is 5.55. The Kier molecular flexibility index (Phi) is 5.14. The van der Waals surface area contributed by atoms with Crippen LogP contribution in [0.5, 0.6) is 0 Å². The molecular weight excluding hydrogens is 370 g/mol. The summed E-state index contributed by atoms with van der Waals surface area (Å²) in [6, 6.07) is 10.00. The minimum absolute atomic E-state index is 0.0200. The molecule has 1 aliphatic rings. The van der Waals surface area contributed by atoms with Gasteiger partial charge in [-0.15, -0.1) is 11.3 Å². The number of amides is 1. The molecule has 0 bridgehead atoms. The molecule has 1 aromatic heterocycles. The summed E-state index contributed by atoms with van der Waals surface area (Å²) in [6.45, 7) is 4.99. The molecule has 0 saturated carbocycles. The molecule has 1 aromatic carbocycles. The molecule has 0 unspecified atom stereocenters. The van der Waals surface area contributed by atoms with E-state index in [4.69, 9.17) is 5.26 Å². The molecule has 0 aliphatic carbocycles. The first kappa shape index (κ1) is 18.6. The van der Waals surface area contributed by atoms with E-state index in [0.29, 0.717) is 18.7 Å². The highest BCUT2D eigenvalue weighted by atomic mass is 32.2. The maximum atomic E-state index is 12.8. The zero-order valence-corrected chi connectivity index (χ0v) is 16.2. The van der Waals surface area contributed by atoms with E-state index in [1.165, 1.54) is 16.4 Å². The van der Waals surface area contributed by atoms with Gasteiger partial charge in [-0.05, 0) is 32.0 Å². The molecule has 26 heavy (non-hydrogen) atoms. The molecule has 2 aromatic rings. The van der Waals surface area contributed by atoms with Gasteiger partial charge in [-0.25, -0.2) is 8.42 Å². The van der Waals surface area contributed by atoms with Crippen molar-refractivity contribution in [1.82, 2.24) is 9.21 Å². The molecule has 6 nitrogen and oxygen atoms in total. The Hall–Kier alpha value is -2.21. The summed E-state index contributed by atoms with van der Waals surface area (Å²) in [5.74, 6) is -0.0543. The van der Waals surface area contributed by atoms with Gasteiger partial charge in [0.05, 0.1) is 16.0 Å². The number of carbonyl (C=O) groups excluding carboxylic acids is 1. The summed E-state index contributed by atoms with van der Waals surface area (Å²) in [6.07, 6.45) is 0. The molecule has 0 spiro atoms. The third-order valence-corrected chi connectivity index (χ3v) is 7.35. The van der Waals surface area contributed by atoms with Crippen molar-refractivity contribution >= 4 is 27.3 Å². The van der Waals surface area contributed by atoms with Gasteiger partial charge in [-0.3, -0.25) is 4.79 Å². The number of thiophene rings is 1. The summed E-state index contributed by atoms with van der Waals surface area (Å²) in [7, 11) is -3.75. The van der Waals surface area contributed by atoms with Crippen LogP contribution in [0.3, 0.4) is 0 Å². The van der Waals surface area contributed by atoms with Crippen molar-refractivity contribution in [1.29, 1.82) is 5.26 Å². The molecule has 8 heteroatoms. The second-order valence-corrected chi connectivity index (χ2v) is 9.50. The zero-order chi connectivity index (χ0) is 18.9. The molecule has 3 rings (SSSR count). The first-order chi connectivity index (χ1) is 12.3. The first-order valence-corrected chi connectivity index (χ1v) is 10.5. The molecule has 1 saturated heterocycles. The number of benzene rings is 1. The predicted octanol–water partition coefficient (Wildman–Crippen LogP) is 2.38. The van der Waals surface area contributed by atoms with Crippen molar-refractivity contribution in [3.8, 4) is 6.07 Å². The van der Waals surface area contributed by atoms with E-state index in [1.807, 2.05) is 26.0 Å². The minimum atomic E-state index is -3.75. The van der Waals surface area contributed by atoms with E-state index >= 15 is 0 Å². The van der Waals surface area contributed by atoms with Gasteiger partial charge in [0, 0.05) is 35.9 Å². The lowest BCUT2D eigenvalue weighted by molar-refractivity contribution is 0.0697. The number of hydrogen-bond acceptors (Lipinski definition) is 5. The minimum Gasteiger partial charge on any atom is -0.336 e. The number of aryl methyl sites for hydroxylation is 2. The maximum absolute atomic E-state index is 12.8. The number of hydrogen-bond donors (Lipinski definition) is 0. The van der Waals surface area contributed by atoms with Crippen molar-refractivity contribution in [2.24, 2.45) is 0 Å². The standard InChI is InChI=1S/C18H19N3O3S2/c1-13-11-16(14(2)25-13)18(22)20-7-9-21(10-8-20)26(23,24)17-6-4-3-5-15(17)12-19/h3-6,11H,7-10H2,1-2H3. The highest BCUT2D eigenvalue weighted by Crippen LogP contribution is 2.24. The molecule has 136 valence electrons. The normalized spacial score (nSPS) is 15.7. The van der Waals surface area contributed by atoms with Crippen LogP contribution in [0.15, 0.2) is 35.2 Å². The molecule has 1 amide bonds. The average Bonchev–Trinajstić information content (AvgIpc) is 2.99. The van der Waals surface area contributed by atoms with E-state index in [-0.39, 0.29) is 29.5 Å². The quantitative estimate of drug-likeness (QED) is 0.807. The van der Waals surface area contributed by atoms with Crippen molar-refractivity contribution in [2.45, 2.75) is 18.7 Å². The van der Waals surface area contributed by atoms with Crippen LogP contribution in [0, 0.1) is 25.2 Å². The Labute approximate surface area is 157 Å². The average molecular weight is 390 g/mol. The third kappa shape index (κ3) is 3.38. The van der Waals surface area contributed by atoms with Gasteiger partial charge >= 0.3 is 0 Å². The van der Waals surface area contributed by atoms with E-state index in [1.54, 1.807) is 28.4 Å². The van der Waals surface area contributed by atoms with Gasteiger partial charge in [-0.2, -0.15) is 9.57 Å². The lowest BCUT2D eigenvalue weighted by atomic mass is 10.2. The third-order valence-electron chi connectivity index (χ3n) is 4.42. The van der Waals surface area contributed by atoms with Crippen LogP contribution in [0.4, 0.5) is 0 Å². The second-order valence-electron chi connectivity index (χ2n) is 6.13. The van der Waals surface area contributed by atoms with Crippen molar-refractivity contribution in [3.63, 3.8) is 0 Å². The Morgan fingerprint density at radius 2 is 1.81 bits per heavy atom. The van der Waals surface area contributed by atoms with Gasteiger partial charge in [0.2, 0.25) is 10.0 Å². The molecular formula is C18H19N3O3S2. The Balaban J connectivity index is 1.75. The van der Waals surface area contributed by atoms with Crippen molar-refractivity contribution in [2.75, 3.05) is 26.2 Å². The summed E-state index contributed by atoms with van der Waals surface area (Å²) in [4.78, 5) is 16.5. The SMILES string of the molecule is Cc1cc(C(=O)N2CCN(S(=O)(=O)c3ccccc3C#N)CC2)c(C)s1. The fourth-order valence-electron chi connectivity index (χ4n) is 3.07. The van der Waals surface area contributed by atoms with E-state index in [2.05, 4.69) is 0 Å². The van der Waals surface area contributed by atoms with Crippen LogP contribution >= 0.6 is 11.3 Å². The summed E-state index contributed by atoms with van der Waals surface area (Å²) >= 11 is 1.58.